The Morgan fingerprint density at radius 1 is 1.00 bits per heavy atom. The molecule has 17 heteroatoms. The zero-order valence-corrected chi connectivity index (χ0v) is 22.2. The van der Waals surface area contributed by atoms with Crippen LogP contribution >= 0.6 is 0 Å². The molecule has 1 aliphatic rings. The van der Waals surface area contributed by atoms with Gasteiger partial charge in [-0.05, 0) is 27.9 Å². The molecule has 14 nitrogen and oxygen atoms in total. The molecule has 2 aromatic rings. The summed E-state index contributed by atoms with van der Waals surface area (Å²) >= 11 is 0. The van der Waals surface area contributed by atoms with Crippen LogP contribution in [0.1, 0.15) is 5.56 Å². The van der Waals surface area contributed by atoms with Gasteiger partial charge in [0, 0.05) is 12.0 Å². The Morgan fingerprint density at radius 2 is 1.63 bits per heavy atom. The monoisotopic (exact) mass is 542 g/mol. The minimum atomic E-state index is -5.18. The van der Waals surface area contributed by atoms with Gasteiger partial charge in [0.15, 0.2) is 12.4 Å². The zero-order chi connectivity index (χ0) is 24.9. The summed E-state index contributed by atoms with van der Waals surface area (Å²) < 4.78 is 89.8. The van der Waals surface area contributed by atoms with Crippen molar-refractivity contribution in [2.45, 2.75) is 37.3 Å². The number of fused-ring (bicyclic) bond motifs is 1. The molecule has 0 amide bonds. The van der Waals surface area contributed by atoms with Crippen molar-refractivity contribution in [3.63, 3.8) is 0 Å². The third-order valence-corrected chi connectivity index (χ3v) is 5.80. The summed E-state index contributed by atoms with van der Waals surface area (Å²) in [6.07, 6.45) is -8.11. The van der Waals surface area contributed by atoms with Crippen molar-refractivity contribution < 1.29 is 78.1 Å². The van der Waals surface area contributed by atoms with Gasteiger partial charge in [-0.25, -0.2) is 8.37 Å². The van der Waals surface area contributed by atoms with Crippen molar-refractivity contribution in [1.29, 1.82) is 0 Å². The van der Waals surface area contributed by atoms with Crippen molar-refractivity contribution in [3.05, 3.63) is 58.5 Å². The third kappa shape index (κ3) is 8.61. The Hall–Kier alpha value is -1.37. The van der Waals surface area contributed by atoms with Crippen molar-refractivity contribution in [2.24, 2.45) is 5.11 Å². The molecule has 2 N–H and O–H groups in total. The molecule has 0 spiro atoms. The SMILES string of the molecule is CO[C@H]1O[C@H](CN=[N+]=[N-])[C@@H](OCc2ccc3ccccc3c2)[C@H](OS(=O)(=O)O)[C@@H]1OS(=O)(=O)O.[Na+]. The summed E-state index contributed by atoms with van der Waals surface area (Å²) in [4.78, 5) is 2.62. The first kappa shape index (κ1) is 29.9. The van der Waals surface area contributed by atoms with Gasteiger partial charge in [0.25, 0.3) is 0 Å². The van der Waals surface area contributed by atoms with E-state index >= 15 is 0 Å². The number of hydrogen-bond acceptors (Lipinski definition) is 10. The Labute approximate surface area is 223 Å². The maximum Gasteiger partial charge on any atom is 1.00 e. The van der Waals surface area contributed by atoms with Crippen LogP contribution in [-0.4, -0.2) is 70.3 Å². The van der Waals surface area contributed by atoms with E-state index in [1.807, 2.05) is 36.4 Å². The summed E-state index contributed by atoms with van der Waals surface area (Å²) in [7, 11) is -9.26. The Morgan fingerprint density at radius 3 is 2.23 bits per heavy atom. The van der Waals surface area contributed by atoms with E-state index in [4.69, 9.17) is 24.3 Å². The van der Waals surface area contributed by atoms with E-state index in [9.17, 15) is 21.4 Å². The standard InChI is InChI=1S/C18H21N3O11S2.Na/c1-28-18-17(32-34(25,26)27)16(31-33(22,23)24)15(14(30-18)9-20-21-19)29-10-11-6-7-12-4-2-3-5-13(12)8-11;/h2-8,14-18H,9-10H2,1H3,(H,22,23,24)(H,25,26,27);/q;+1/t14-,15-,16+,17+,18+;/m1./s1. The van der Waals surface area contributed by atoms with Crippen LogP contribution in [0.4, 0.5) is 0 Å². The minimum absolute atomic E-state index is 0. The molecule has 2 aromatic carbocycles. The van der Waals surface area contributed by atoms with Gasteiger partial charge in [0.2, 0.25) is 0 Å². The molecule has 3 rings (SSSR count). The molecule has 0 saturated carbocycles. The number of methoxy groups -OCH3 is 1. The molecule has 186 valence electrons. The van der Waals surface area contributed by atoms with E-state index in [-0.39, 0.29) is 36.2 Å². The van der Waals surface area contributed by atoms with Gasteiger partial charge >= 0.3 is 50.4 Å². The second-order valence-electron chi connectivity index (χ2n) is 7.13. The molecule has 0 unspecified atom stereocenters. The molecule has 0 aliphatic carbocycles. The number of benzene rings is 2. The molecular formula is C18H21N3NaO11S2+. The maximum absolute atomic E-state index is 11.5. The van der Waals surface area contributed by atoms with Gasteiger partial charge in [-0.3, -0.25) is 9.11 Å². The van der Waals surface area contributed by atoms with Crippen molar-refractivity contribution in [1.82, 2.24) is 0 Å². The van der Waals surface area contributed by atoms with Gasteiger partial charge in [-0.1, -0.05) is 41.5 Å². The molecule has 0 aromatic heterocycles. The average Bonchev–Trinajstić information content (AvgIpc) is 2.76. The smallest absolute Gasteiger partial charge is 0.368 e. The number of nitrogens with zero attached hydrogens (tertiary/aromatic N) is 3. The van der Waals surface area contributed by atoms with E-state index < -0.39 is 58.0 Å². The van der Waals surface area contributed by atoms with Crippen molar-refractivity contribution >= 4 is 31.6 Å². The van der Waals surface area contributed by atoms with Gasteiger partial charge in [-0.2, -0.15) is 16.8 Å². The number of rotatable bonds is 10. The van der Waals surface area contributed by atoms with Gasteiger partial charge < -0.3 is 14.2 Å². The molecule has 1 saturated heterocycles. The molecule has 35 heavy (non-hydrogen) atoms. The van der Waals surface area contributed by atoms with Crippen LogP contribution in [0, 0.1) is 0 Å². The summed E-state index contributed by atoms with van der Waals surface area (Å²) in [6.45, 7) is -0.546. The summed E-state index contributed by atoms with van der Waals surface area (Å²) in [6, 6.07) is 12.9. The van der Waals surface area contributed by atoms with Crippen LogP contribution in [0.25, 0.3) is 21.2 Å². The Kier molecular flexibility index (Phi) is 10.9. The third-order valence-electron chi connectivity index (χ3n) is 4.87. The number of azide groups is 1. The molecule has 1 heterocycles. The first-order chi connectivity index (χ1) is 16.0. The largest absolute Gasteiger partial charge is 1.00 e. The van der Waals surface area contributed by atoms with Crippen LogP contribution < -0.4 is 29.6 Å². The van der Waals surface area contributed by atoms with Gasteiger partial charge in [0.05, 0.1) is 19.3 Å². The first-order valence-corrected chi connectivity index (χ1v) is 12.3. The van der Waals surface area contributed by atoms with Crippen molar-refractivity contribution in [2.75, 3.05) is 13.7 Å². The van der Waals surface area contributed by atoms with Crippen LogP contribution in [-0.2, 0) is 50.0 Å². The second-order valence-corrected chi connectivity index (χ2v) is 9.22. The molecule has 5 atom stereocenters. The first-order valence-electron chi connectivity index (χ1n) is 9.60. The van der Waals surface area contributed by atoms with Crippen molar-refractivity contribution in [3.8, 4) is 0 Å². The summed E-state index contributed by atoms with van der Waals surface area (Å²) in [5.74, 6) is 0. The normalized spacial score (nSPS) is 24.9. The van der Waals surface area contributed by atoms with Gasteiger partial charge in [-0.15, -0.1) is 0 Å². The van der Waals surface area contributed by atoms with Crippen LogP contribution in [0.2, 0.25) is 0 Å². The van der Waals surface area contributed by atoms with E-state index in [0.29, 0.717) is 5.56 Å². The van der Waals surface area contributed by atoms with Gasteiger partial charge in [0.1, 0.15) is 12.2 Å². The predicted molar refractivity (Wildman–Crippen MR) is 115 cm³/mol. The zero-order valence-electron chi connectivity index (χ0n) is 18.6. The van der Waals surface area contributed by atoms with E-state index in [2.05, 4.69) is 18.4 Å². The molecule has 0 radical (unpaired) electrons. The fraction of sp³-hybridized carbons (Fsp3) is 0.444. The number of hydrogen-bond donors (Lipinski definition) is 2. The van der Waals surface area contributed by atoms with E-state index in [1.54, 1.807) is 6.07 Å². The van der Waals surface area contributed by atoms with Crippen LogP contribution in [0.15, 0.2) is 47.6 Å². The molecule has 1 aliphatic heterocycles. The van der Waals surface area contributed by atoms with Crippen LogP contribution in [0.5, 0.6) is 0 Å². The Balaban J connectivity index is 0.00000432. The topological polar surface area (TPSA) is 204 Å². The molecule has 1 fully saturated rings. The summed E-state index contributed by atoms with van der Waals surface area (Å²) in [5.41, 5.74) is 9.34. The fourth-order valence-corrected chi connectivity index (χ4v) is 4.53. The quantitative estimate of drug-likeness (QED) is 0.120. The molecule has 0 bridgehead atoms. The summed E-state index contributed by atoms with van der Waals surface area (Å²) in [5, 5.41) is 5.24. The minimum Gasteiger partial charge on any atom is -0.368 e. The van der Waals surface area contributed by atoms with E-state index in [1.165, 1.54) is 0 Å². The van der Waals surface area contributed by atoms with Crippen LogP contribution in [0.3, 0.4) is 0 Å². The van der Waals surface area contributed by atoms with E-state index in [0.717, 1.165) is 17.9 Å². The second kappa shape index (κ2) is 12.7. The average molecular weight is 543 g/mol. The molecular weight excluding hydrogens is 521 g/mol. The fourth-order valence-electron chi connectivity index (χ4n) is 3.55. The maximum atomic E-state index is 11.5. The Bertz CT molecular complexity index is 1270. The predicted octanol–water partition coefficient (Wildman–Crippen LogP) is -1.21. The number of ether oxygens (including phenoxy) is 3.